The van der Waals surface area contributed by atoms with E-state index in [1.165, 1.54) is 0 Å². The van der Waals surface area contributed by atoms with Gasteiger partial charge in [-0.1, -0.05) is 56.4 Å². The minimum Gasteiger partial charge on any atom is -0.334 e. The van der Waals surface area contributed by atoms with E-state index in [0.717, 1.165) is 15.6 Å². The Morgan fingerprint density at radius 1 is 0.950 bits per heavy atom. The highest BCUT2D eigenvalue weighted by molar-refractivity contribution is 9.10. The van der Waals surface area contributed by atoms with Crippen LogP contribution < -0.4 is 0 Å². The largest absolute Gasteiger partial charge is 0.334 e. The van der Waals surface area contributed by atoms with Crippen molar-refractivity contribution < 1.29 is 4.52 Å². The Morgan fingerprint density at radius 2 is 1.80 bits per heavy atom. The molecule has 0 spiro atoms. The second kappa shape index (κ2) is 5.56. The van der Waals surface area contributed by atoms with Crippen molar-refractivity contribution in [3.63, 3.8) is 0 Å². The first kappa shape index (κ1) is 13.6. The highest BCUT2D eigenvalue weighted by Gasteiger charge is 2.12. The van der Waals surface area contributed by atoms with Crippen LogP contribution in [0.4, 0.5) is 0 Å². The van der Waals surface area contributed by atoms with Gasteiger partial charge in [0.15, 0.2) is 0 Å². The highest BCUT2D eigenvalue weighted by atomic mass is 79.9. The van der Waals surface area contributed by atoms with Crippen molar-refractivity contribution in [2.24, 2.45) is 0 Å². The second-order valence-electron chi connectivity index (χ2n) is 4.06. The van der Waals surface area contributed by atoms with Crippen LogP contribution in [0.2, 0.25) is 10.0 Å². The lowest BCUT2D eigenvalue weighted by Gasteiger charge is -1.97. The van der Waals surface area contributed by atoms with E-state index in [1.807, 2.05) is 24.3 Å². The Morgan fingerprint density at radius 3 is 2.55 bits per heavy atom. The third-order valence-corrected chi connectivity index (χ3v) is 3.91. The molecule has 0 aliphatic carbocycles. The fraction of sp³-hybridized carbons (Fsp3) is 0. The molecule has 0 atom stereocenters. The number of benzene rings is 2. The number of halogens is 3. The number of aromatic nitrogens is 2. The molecule has 2 aromatic carbocycles. The van der Waals surface area contributed by atoms with E-state index in [9.17, 15) is 0 Å². The van der Waals surface area contributed by atoms with Gasteiger partial charge in [0.2, 0.25) is 5.82 Å². The van der Waals surface area contributed by atoms with Gasteiger partial charge in [0.05, 0.1) is 10.0 Å². The maximum absolute atomic E-state index is 5.98. The van der Waals surface area contributed by atoms with Gasteiger partial charge < -0.3 is 4.52 Å². The molecule has 3 rings (SSSR count). The molecule has 100 valence electrons. The van der Waals surface area contributed by atoms with Gasteiger partial charge in [0, 0.05) is 15.6 Å². The predicted molar refractivity (Wildman–Crippen MR) is 82.9 cm³/mol. The molecule has 0 bridgehead atoms. The Kier molecular flexibility index (Phi) is 3.78. The minimum atomic E-state index is 0.401. The van der Waals surface area contributed by atoms with Crippen LogP contribution in [0.15, 0.2) is 51.5 Å². The molecule has 0 aliphatic heterocycles. The summed E-state index contributed by atoms with van der Waals surface area (Å²) in [6.07, 6.45) is 0. The molecule has 0 fully saturated rings. The molecule has 3 aromatic rings. The summed E-state index contributed by atoms with van der Waals surface area (Å²) in [5.74, 6) is 0.922. The number of hydrogen-bond acceptors (Lipinski definition) is 3. The summed E-state index contributed by atoms with van der Waals surface area (Å²) in [6.45, 7) is 0. The molecule has 0 amide bonds. The van der Waals surface area contributed by atoms with Crippen molar-refractivity contribution >= 4 is 39.1 Å². The van der Waals surface area contributed by atoms with E-state index in [0.29, 0.717) is 21.8 Å². The normalized spacial score (nSPS) is 10.8. The molecule has 0 aliphatic rings. The van der Waals surface area contributed by atoms with Gasteiger partial charge in [0.1, 0.15) is 0 Å². The van der Waals surface area contributed by atoms with Crippen molar-refractivity contribution in [2.75, 3.05) is 0 Å². The maximum Gasteiger partial charge on any atom is 0.258 e. The predicted octanol–water partition coefficient (Wildman–Crippen LogP) is 5.47. The zero-order valence-electron chi connectivity index (χ0n) is 9.98. The summed E-state index contributed by atoms with van der Waals surface area (Å²) in [5, 5.41) is 4.91. The van der Waals surface area contributed by atoms with E-state index in [-0.39, 0.29) is 0 Å². The molecule has 0 radical (unpaired) electrons. The standard InChI is InChI=1S/C14H7BrCl2N2O/c15-10-3-1-2-8(6-10)13-18-14(20-19-13)9-4-5-11(16)12(17)7-9/h1-7H. The van der Waals surface area contributed by atoms with Gasteiger partial charge in [0.25, 0.3) is 5.89 Å². The van der Waals surface area contributed by atoms with Crippen LogP contribution in [0.3, 0.4) is 0 Å². The van der Waals surface area contributed by atoms with Gasteiger partial charge >= 0.3 is 0 Å². The topological polar surface area (TPSA) is 38.9 Å². The second-order valence-corrected chi connectivity index (χ2v) is 5.79. The van der Waals surface area contributed by atoms with E-state index in [4.69, 9.17) is 27.7 Å². The first-order chi connectivity index (χ1) is 9.63. The van der Waals surface area contributed by atoms with Crippen molar-refractivity contribution in [1.29, 1.82) is 0 Å². The molecule has 0 N–H and O–H groups in total. The van der Waals surface area contributed by atoms with Gasteiger partial charge in [-0.05, 0) is 30.3 Å². The van der Waals surface area contributed by atoms with Crippen LogP contribution in [-0.4, -0.2) is 10.1 Å². The average molecular weight is 370 g/mol. The summed E-state index contributed by atoms with van der Waals surface area (Å²) < 4.78 is 6.22. The Balaban J connectivity index is 1.99. The van der Waals surface area contributed by atoms with Gasteiger partial charge in [-0.25, -0.2) is 0 Å². The maximum atomic E-state index is 5.98. The van der Waals surface area contributed by atoms with E-state index >= 15 is 0 Å². The first-order valence-electron chi connectivity index (χ1n) is 5.68. The summed E-state index contributed by atoms with van der Waals surface area (Å²) in [6, 6.07) is 12.9. The Labute approximate surface area is 133 Å². The number of hydrogen-bond donors (Lipinski definition) is 0. The van der Waals surface area contributed by atoms with Crippen molar-refractivity contribution in [2.45, 2.75) is 0 Å². The zero-order valence-corrected chi connectivity index (χ0v) is 13.1. The summed E-state index contributed by atoms with van der Waals surface area (Å²) >= 11 is 15.3. The van der Waals surface area contributed by atoms with E-state index in [2.05, 4.69) is 26.1 Å². The van der Waals surface area contributed by atoms with E-state index in [1.54, 1.807) is 18.2 Å². The van der Waals surface area contributed by atoms with Gasteiger partial charge in [-0.3, -0.25) is 0 Å². The monoisotopic (exact) mass is 368 g/mol. The smallest absolute Gasteiger partial charge is 0.258 e. The van der Waals surface area contributed by atoms with Crippen LogP contribution in [0.25, 0.3) is 22.8 Å². The molecule has 1 aromatic heterocycles. The fourth-order valence-corrected chi connectivity index (χ4v) is 2.41. The van der Waals surface area contributed by atoms with Gasteiger partial charge in [-0.2, -0.15) is 4.98 Å². The zero-order chi connectivity index (χ0) is 14.1. The van der Waals surface area contributed by atoms with Crippen LogP contribution >= 0.6 is 39.1 Å². The van der Waals surface area contributed by atoms with Crippen molar-refractivity contribution in [3.8, 4) is 22.8 Å². The third-order valence-electron chi connectivity index (χ3n) is 2.68. The first-order valence-corrected chi connectivity index (χ1v) is 7.23. The molecule has 3 nitrogen and oxygen atoms in total. The molecular weight excluding hydrogens is 363 g/mol. The molecule has 6 heteroatoms. The minimum absolute atomic E-state index is 0.401. The Hall–Kier alpha value is -1.36. The van der Waals surface area contributed by atoms with Crippen LogP contribution in [0, 0.1) is 0 Å². The lowest BCUT2D eigenvalue weighted by Crippen LogP contribution is -1.81. The summed E-state index contributed by atoms with van der Waals surface area (Å²) in [5.41, 5.74) is 1.60. The quantitative estimate of drug-likeness (QED) is 0.600. The molecular formula is C14H7BrCl2N2O. The summed E-state index contributed by atoms with van der Waals surface area (Å²) in [4.78, 5) is 4.36. The lowest BCUT2D eigenvalue weighted by atomic mass is 10.2. The average Bonchev–Trinajstić information content (AvgIpc) is 2.92. The van der Waals surface area contributed by atoms with Gasteiger partial charge in [-0.15, -0.1) is 0 Å². The molecule has 1 heterocycles. The Bertz CT molecular complexity index is 773. The number of nitrogens with zero attached hydrogens (tertiary/aromatic N) is 2. The highest BCUT2D eigenvalue weighted by Crippen LogP contribution is 2.29. The van der Waals surface area contributed by atoms with E-state index < -0.39 is 0 Å². The van der Waals surface area contributed by atoms with Crippen molar-refractivity contribution in [3.05, 3.63) is 57.0 Å². The van der Waals surface area contributed by atoms with Crippen LogP contribution in [0.5, 0.6) is 0 Å². The molecule has 20 heavy (non-hydrogen) atoms. The lowest BCUT2D eigenvalue weighted by molar-refractivity contribution is 0.432. The number of rotatable bonds is 2. The SMILES string of the molecule is Clc1ccc(-c2nc(-c3cccc(Br)c3)no2)cc1Cl. The van der Waals surface area contributed by atoms with Crippen LogP contribution in [-0.2, 0) is 0 Å². The molecule has 0 unspecified atom stereocenters. The fourth-order valence-electron chi connectivity index (χ4n) is 1.71. The molecule has 0 saturated heterocycles. The van der Waals surface area contributed by atoms with Crippen LogP contribution in [0.1, 0.15) is 0 Å². The van der Waals surface area contributed by atoms with Crippen molar-refractivity contribution in [1.82, 2.24) is 10.1 Å². The third kappa shape index (κ3) is 2.73. The molecule has 0 saturated carbocycles. The summed E-state index contributed by atoms with van der Waals surface area (Å²) in [7, 11) is 0.